The number of amidine groups is 1. The van der Waals surface area contributed by atoms with E-state index in [1.807, 2.05) is 6.92 Å². The van der Waals surface area contributed by atoms with Gasteiger partial charge in [-0.2, -0.15) is 5.10 Å². The maximum atomic E-state index is 9.98. The monoisotopic (exact) mass is 409 g/mol. The average Bonchev–Trinajstić information content (AvgIpc) is 2.62. The number of aliphatic imine (C=N–C) groups is 1. The molecule has 0 heterocycles. The number of rotatable bonds is 5. The third-order valence-electron chi connectivity index (χ3n) is 3.08. The van der Waals surface area contributed by atoms with Crippen molar-refractivity contribution >= 4 is 52.6 Å². The van der Waals surface area contributed by atoms with Crippen molar-refractivity contribution in [2.75, 3.05) is 5.75 Å². The Morgan fingerprint density at radius 1 is 1.12 bits per heavy atom. The van der Waals surface area contributed by atoms with Gasteiger partial charge in [0.15, 0.2) is 0 Å². The summed E-state index contributed by atoms with van der Waals surface area (Å²) in [5, 5.41) is 28.7. The zero-order valence-electron chi connectivity index (χ0n) is 13.9. The molecule has 0 aliphatic heterocycles. The van der Waals surface area contributed by atoms with Gasteiger partial charge in [-0.05, 0) is 30.7 Å². The smallest absolute Gasteiger partial charge is 0.208 e. The number of nitrogens with zero attached hydrogens (tertiary/aromatic N) is 3. The molecule has 0 atom stereocenters. The van der Waals surface area contributed by atoms with Crippen LogP contribution in [0.5, 0.6) is 11.5 Å². The van der Waals surface area contributed by atoms with Crippen molar-refractivity contribution < 1.29 is 10.2 Å². The van der Waals surface area contributed by atoms with Crippen LogP contribution in [0.4, 0.5) is 0 Å². The largest absolute Gasteiger partial charge is 0.507 e. The van der Waals surface area contributed by atoms with E-state index >= 15 is 0 Å². The van der Waals surface area contributed by atoms with Crippen LogP contribution in [0.15, 0.2) is 51.6 Å². The summed E-state index contributed by atoms with van der Waals surface area (Å²) in [5.74, 6) is 0.832. The van der Waals surface area contributed by atoms with Crippen LogP contribution in [-0.2, 0) is 0 Å². The van der Waals surface area contributed by atoms with Gasteiger partial charge in [-0.1, -0.05) is 54.0 Å². The van der Waals surface area contributed by atoms with Gasteiger partial charge in [-0.15, -0.1) is 5.10 Å². The molecule has 26 heavy (non-hydrogen) atoms. The normalized spacial score (nSPS) is 12.3. The predicted octanol–water partition coefficient (Wildman–Crippen LogP) is 5.36. The van der Waals surface area contributed by atoms with Crippen LogP contribution < -0.4 is 0 Å². The van der Waals surface area contributed by atoms with Crippen molar-refractivity contribution in [2.24, 2.45) is 15.2 Å². The molecule has 0 fully saturated rings. The lowest BCUT2D eigenvalue weighted by atomic mass is 10.2. The molecule has 0 aromatic heterocycles. The van der Waals surface area contributed by atoms with Gasteiger partial charge in [0.2, 0.25) is 5.17 Å². The quantitative estimate of drug-likeness (QED) is 0.396. The fraction of sp³-hybridized carbons (Fsp3) is 0.167. The molecule has 2 rings (SSSR count). The van der Waals surface area contributed by atoms with E-state index in [1.54, 1.807) is 30.3 Å². The van der Waals surface area contributed by atoms with Crippen LogP contribution in [0.3, 0.4) is 0 Å². The number of phenols is 2. The number of thioether (sulfide) groups is 1. The Hall–Kier alpha value is -2.02. The first-order chi connectivity index (χ1) is 12.5. The number of halogens is 2. The lowest BCUT2D eigenvalue weighted by Crippen LogP contribution is -1.93. The van der Waals surface area contributed by atoms with E-state index in [4.69, 9.17) is 23.2 Å². The Labute approximate surface area is 166 Å². The second-order valence-electron chi connectivity index (χ2n) is 5.12. The Bertz CT molecular complexity index is 854. The maximum Gasteiger partial charge on any atom is 0.208 e. The summed E-state index contributed by atoms with van der Waals surface area (Å²) >= 11 is 13.3. The van der Waals surface area contributed by atoms with Gasteiger partial charge in [0, 0.05) is 28.1 Å². The van der Waals surface area contributed by atoms with Crippen molar-refractivity contribution in [1.82, 2.24) is 0 Å². The SMILES string of the molecule is CCCSC(/N=C/c1cc(Cl)cc(Cl)c1O)=N/N=C/c1ccccc1O. The molecule has 136 valence electrons. The highest BCUT2D eigenvalue weighted by Gasteiger charge is 2.06. The number of hydrogen-bond donors (Lipinski definition) is 2. The number of phenolic OH excluding ortho intramolecular Hbond substituents is 2. The number of aromatic hydroxyl groups is 2. The topological polar surface area (TPSA) is 77.5 Å². The van der Waals surface area contributed by atoms with Crippen LogP contribution >= 0.6 is 35.0 Å². The minimum atomic E-state index is -0.0997. The molecule has 0 aliphatic rings. The van der Waals surface area contributed by atoms with Gasteiger partial charge in [0.25, 0.3) is 0 Å². The molecule has 2 aromatic rings. The third kappa shape index (κ3) is 6.05. The number of benzene rings is 2. The van der Waals surface area contributed by atoms with Crippen LogP contribution in [0, 0.1) is 0 Å². The van der Waals surface area contributed by atoms with E-state index in [0.29, 0.717) is 21.3 Å². The summed E-state index contributed by atoms with van der Waals surface area (Å²) in [7, 11) is 0. The van der Waals surface area contributed by atoms with E-state index in [1.165, 1.54) is 30.3 Å². The van der Waals surface area contributed by atoms with Crippen molar-refractivity contribution in [3.05, 3.63) is 57.6 Å². The second-order valence-corrected chi connectivity index (χ2v) is 7.02. The minimum Gasteiger partial charge on any atom is -0.507 e. The first-order valence-electron chi connectivity index (χ1n) is 7.75. The molecule has 2 aromatic carbocycles. The first kappa shape index (κ1) is 20.3. The number of hydrogen-bond acceptors (Lipinski definition) is 5. The van der Waals surface area contributed by atoms with Crippen molar-refractivity contribution in [1.29, 1.82) is 0 Å². The van der Waals surface area contributed by atoms with Crippen LogP contribution in [0.25, 0.3) is 0 Å². The third-order valence-corrected chi connectivity index (χ3v) is 4.65. The van der Waals surface area contributed by atoms with Gasteiger partial charge < -0.3 is 10.2 Å². The van der Waals surface area contributed by atoms with E-state index in [-0.39, 0.29) is 16.5 Å². The van der Waals surface area contributed by atoms with Crippen LogP contribution in [0.2, 0.25) is 10.0 Å². The van der Waals surface area contributed by atoms with E-state index in [0.717, 1.165) is 12.2 Å². The molecule has 5 nitrogen and oxygen atoms in total. The molecule has 0 saturated carbocycles. The highest BCUT2D eigenvalue weighted by atomic mass is 35.5. The summed E-state index contributed by atoms with van der Waals surface area (Å²) in [5.41, 5.74) is 0.941. The van der Waals surface area contributed by atoms with Crippen LogP contribution in [0.1, 0.15) is 24.5 Å². The van der Waals surface area contributed by atoms with Gasteiger partial charge in [-0.25, -0.2) is 4.99 Å². The predicted molar refractivity (Wildman–Crippen MR) is 112 cm³/mol. The summed E-state index contributed by atoms with van der Waals surface area (Å²) in [6.45, 7) is 2.04. The van der Waals surface area contributed by atoms with E-state index < -0.39 is 0 Å². The molecular weight excluding hydrogens is 393 g/mol. The average molecular weight is 410 g/mol. The molecule has 8 heteroatoms. The van der Waals surface area contributed by atoms with Crippen molar-refractivity contribution in [2.45, 2.75) is 13.3 Å². The Balaban J connectivity index is 2.23. The zero-order valence-corrected chi connectivity index (χ0v) is 16.3. The maximum absolute atomic E-state index is 9.98. The summed E-state index contributed by atoms with van der Waals surface area (Å²) in [6, 6.07) is 9.82. The Morgan fingerprint density at radius 3 is 2.62 bits per heavy atom. The number of para-hydroxylation sites is 1. The second kappa shape index (κ2) is 10.2. The summed E-state index contributed by atoms with van der Waals surface area (Å²) < 4.78 is 0. The first-order valence-corrected chi connectivity index (χ1v) is 9.49. The fourth-order valence-electron chi connectivity index (χ4n) is 1.83. The molecule has 0 bridgehead atoms. The van der Waals surface area contributed by atoms with E-state index in [2.05, 4.69) is 15.2 Å². The van der Waals surface area contributed by atoms with Crippen molar-refractivity contribution in [3.8, 4) is 11.5 Å². The minimum absolute atomic E-state index is 0.0997. The Kier molecular flexibility index (Phi) is 7.97. The molecular formula is C18H17Cl2N3O2S. The molecule has 0 saturated heterocycles. The highest BCUT2D eigenvalue weighted by Crippen LogP contribution is 2.30. The molecule has 0 unspecified atom stereocenters. The van der Waals surface area contributed by atoms with Gasteiger partial charge in [0.1, 0.15) is 11.5 Å². The highest BCUT2D eigenvalue weighted by molar-refractivity contribution is 8.13. The molecule has 0 radical (unpaired) electrons. The fourth-order valence-corrected chi connectivity index (χ4v) is 2.96. The molecule has 0 amide bonds. The lowest BCUT2D eigenvalue weighted by molar-refractivity contribution is 0.474. The lowest BCUT2D eigenvalue weighted by Gasteiger charge is -2.02. The van der Waals surface area contributed by atoms with Crippen LogP contribution in [-0.4, -0.2) is 33.6 Å². The van der Waals surface area contributed by atoms with E-state index in [9.17, 15) is 10.2 Å². The summed E-state index contributed by atoms with van der Waals surface area (Å²) in [4.78, 5) is 4.26. The zero-order chi connectivity index (χ0) is 18.9. The standard InChI is InChI=1S/C18H17Cl2N3O2S/c1-2-7-26-18(23-22-11-12-5-3-4-6-16(12)24)21-10-13-8-14(19)9-15(20)17(13)25/h3-6,8-11,24-25H,2,7H2,1H3/b21-10+,22-11+,23-18+. The van der Waals surface area contributed by atoms with Gasteiger partial charge >= 0.3 is 0 Å². The van der Waals surface area contributed by atoms with Gasteiger partial charge in [-0.3, -0.25) is 0 Å². The van der Waals surface area contributed by atoms with Crippen molar-refractivity contribution in [3.63, 3.8) is 0 Å². The molecule has 0 spiro atoms. The van der Waals surface area contributed by atoms with Gasteiger partial charge in [0.05, 0.1) is 11.2 Å². The molecule has 0 aliphatic carbocycles. The summed E-state index contributed by atoms with van der Waals surface area (Å²) in [6.07, 6.45) is 3.83. The Morgan fingerprint density at radius 2 is 1.88 bits per heavy atom. The molecule has 2 N–H and O–H groups in total.